The molecule has 0 atom stereocenters. The van der Waals surface area contributed by atoms with Gasteiger partial charge in [-0.3, -0.25) is 0 Å². The van der Waals surface area contributed by atoms with E-state index in [2.05, 4.69) is 242 Å². The fraction of sp³-hybridized carbons (Fsp3) is 0.156. The zero-order chi connectivity index (χ0) is 46.7. The Kier molecular flexibility index (Phi) is 9.54. The third kappa shape index (κ3) is 6.34. The molecule has 0 amide bonds. The summed E-state index contributed by atoms with van der Waals surface area (Å²) in [6, 6.07) is 63.4. The van der Waals surface area contributed by atoms with Gasteiger partial charge in [-0.1, -0.05) is 129 Å². The summed E-state index contributed by atoms with van der Waals surface area (Å²) in [5, 5.41) is 0. The third-order valence-corrected chi connectivity index (χ3v) is 15.2. The van der Waals surface area contributed by atoms with E-state index in [0.717, 1.165) is 28.6 Å². The molecule has 0 fully saturated rings. The van der Waals surface area contributed by atoms with E-state index in [1.54, 1.807) is 0 Å². The van der Waals surface area contributed by atoms with Gasteiger partial charge in [-0.2, -0.15) is 0 Å². The van der Waals surface area contributed by atoms with Crippen LogP contribution in [-0.2, 0) is 5.41 Å². The van der Waals surface area contributed by atoms with Crippen molar-refractivity contribution < 1.29 is 4.74 Å². The van der Waals surface area contributed by atoms with E-state index in [1.807, 2.05) is 0 Å². The highest BCUT2D eigenvalue weighted by molar-refractivity contribution is 6.99. The van der Waals surface area contributed by atoms with E-state index in [1.165, 1.54) is 117 Å². The van der Waals surface area contributed by atoms with Gasteiger partial charge in [-0.25, -0.2) is 0 Å². The molecule has 0 radical (unpaired) electrons. The van der Waals surface area contributed by atoms with Gasteiger partial charge in [0.1, 0.15) is 11.5 Å². The highest BCUT2D eigenvalue weighted by Crippen LogP contribution is 2.53. The van der Waals surface area contributed by atoms with E-state index in [0.29, 0.717) is 0 Å². The Hall–Kier alpha value is -7.56. The zero-order valence-corrected chi connectivity index (χ0v) is 40.5. The standard InChI is InChI=1S/C64H55BN2O/c1-38-30-43(6)63(44(7)31-38)67-56-29-26-45(60-39(2)18-16-19-40(60)3)32-54(56)65-55-37-53-51(36-58(55)68-59-34-46(33-57(67)62(59)65)61-41(4)20-17-21-42(61)5)50-28-27-49(35-52(50)64(53,8)9)66(47-22-12-10-13-23-47)48-24-14-11-15-25-48/h10-37H,1-9H3. The number of nitrogens with zero attached hydrogens (tertiary/aromatic N) is 2. The van der Waals surface area contributed by atoms with Crippen molar-refractivity contribution in [2.24, 2.45) is 0 Å². The van der Waals surface area contributed by atoms with Crippen LogP contribution in [0.3, 0.4) is 0 Å². The molecule has 2 aliphatic heterocycles. The minimum atomic E-state index is -0.288. The predicted molar refractivity (Wildman–Crippen MR) is 289 cm³/mol. The molecule has 9 aromatic rings. The number of benzene rings is 9. The minimum Gasteiger partial charge on any atom is -0.458 e. The van der Waals surface area contributed by atoms with Gasteiger partial charge in [-0.15, -0.1) is 0 Å². The maximum absolute atomic E-state index is 7.45. The molecule has 9 aromatic carbocycles. The number of ether oxygens (including phenoxy) is 1. The monoisotopic (exact) mass is 878 g/mol. The highest BCUT2D eigenvalue weighted by atomic mass is 16.5. The first-order valence-corrected chi connectivity index (χ1v) is 24.1. The van der Waals surface area contributed by atoms with Crippen LogP contribution in [0.25, 0.3) is 33.4 Å². The second-order valence-electron chi connectivity index (χ2n) is 20.1. The van der Waals surface area contributed by atoms with Crippen molar-refractivity contribution in [2.75, 3.05) is 9.80 Å². The smallest absolute Gasteiger partial charge is 0.256 e. The quantitative estimate of drug-likeness (QED) is 0.155. The largest absolute Gasteiger partial charge is 0.458 e. The number of fused-ring (bicyclic) bond motifs is 7. The molecular formula is C64H55BN2O. The minimum absolute atomic E-state index is 0.0793. The Morgan fingerprint density at radius 3 is 1.65 bits per heavy atom. The van der Waals surface area contributed by atoms with Crippen molar-refractivity contribution in [3.8, 4) is 44.9 Å². The van der Waals surface area contributed by atoms with Gasteiger partial charge < -0.3 is 14.5 Å². The second kappa shape index (κ2) is 15.5. The van der Waals surface area contributed by atoms with Gasteiger partial charge >= 0.3 is 0 Å². The lowest BCUT2D eigenvalue weighted by atomic mass is 9.33. The first-order chi connectivity index (χ1) is 32.9. The molecule has 0 saturated carbocycles. The SMILES string of the molecule is Cc1cc(C)c(N2c3ccc(-c4c(C)cccc4C)cc3B3c4cc5c(cc4Oc4cc(-c6c(C)cccc6C)cc2c43)-c2ccc(N(c3ccccc3)c3ccccc3)cc2C5(C)C)c(C)c1. The van der Waals surface area contributed by atoms with E-state index < -0.39 is 0 Å². The summed E-state index contributed by atoms with van der Waals surface area (Å²) in [5.41, 5.74) is 29.4. The summed E-state index contributed by atoms with van der Waals surface area (Å²) in [5.74, 6) is 1.84. The number of hydrogen-bond donors (Lipinski definition) is 0. The van der Waals surface area contributed by atoms with Crippen molar-refractivity contribution in [2.45, 2.75) is 67.7 Å². The van der Waals surface area contributed by atoms with Crippen LogP contribution in [-0.4, -0.2) is 6.71 Å². The fourth-order valence-corrected chi connectivity index (χ4v) is 12.3. The lowest BCUT2D eigenvalue weighted by Crippen LogP contribution is -2.59. The molecule has 0 bridgehead atoms. The van der Waals surface area contributed by atoms with Crippen LogP contribution in [0.2, 0.25) is 0 Å². The number of anilines is 6. The van der Waals surface area contributed by atoms with Gasteiger partial charge in [0.05, 0.1) is 5.69 Å². The zero-order valence-electron chi connectivity index (χ0n) is 40.5. The maximum Gasteiger partial charge on any atom is 0.256 e. The average Bonchev–Trinajstić information content (AvgIpc) is 3.53. The number of hydrogen-bond acceptors (Lipinski definition) is 3. The van der Waals surface area contributed by atoms with Crippen LogP contribution >= 0.6 is 0 Å². The van der Waals surface area contributed by atoms with E-state index in [4.69, 9.17) is 4.74 Å². The van der Waals surface area contributed by atoms with Crippen molar-refractivity contribution in [3.63, 3.8) is 0 Å². The molecule has 2 heterocycles. The molecule has 1 aliphatic carbocycles. The molecular weight excluding hydrogens is 824 g/mol. The number of rotatable bonds is 6. The average molecular weight is 879 g/mol. The third-order valence-electron chi connectivity index (χ3n) is 15.2. The van der Waals surface area contributed by atoms with Crippen molar-refractivity contribution >= 4 is 57.2 Å². The highest BCUT2D eigenvalue weighted by Gasteiger charge is 2.46. The molecule has 0 aromatic heterocycles. The van der Waals surface area contributed by atoms with Crippen LogP contribution in [0, 0.1) is 48.5 Å². The fourth-order valence-electron chi connectivity index (χ4n) is 12.3. The molecule has 12 rings (SSSR count). The Bertz CT molecular complexity index is 3450. The van der Waals surface area contributed by atoms with Gasteiger partial charge in [0, 0.05) is 33.9 Å². The summed E-state index contributed by atoms with van der Waals surface area (Å²) in [6.07, 6.45) is 0. The van der Waals surface area contributed by atoms with Crippen LogP contribution < -0.4 is 30.9 Å². The van der Waals surface area contributed by atoms with Crippen LogP contribution in [0.4, 0.5) is 34.1 Å². The van der Waals surface area contributed by atoms with E-state index >= 15 is 0 Å². The van der Waals surface area contributed by atoms with Crippen LogP contribution in [0.1, 0.15) is 63.9 Å². The summed E-state index contributed by atoms with van der Waals surface area (Å²) < 4.78 is 7.45. The van der Waals surface area contributed by atoms with E-state index in [9.17, 15) is 0 Å². The number of aryl methyl sites for hydroxylation is 7. The molecule has 0 spiro atoms. The molecule has 0 saturated heterocycles. The van der Waals surface area contributed by atoms with Crippen molar-refractivity contribution in [3.05, 3.63) is 220 Å². The van der Waals surface area contributed by atoms with Crippen molar-refractivity contribution in [1.29, 1.82) is 0 Å². The van der Waals surface area contributed by atoms with Crippen molar-refractivity contribution in [1.82, 2.24) is 0 Å². The van der Waals surface area contributed by atoms with Crippen LogP contribution in [0.15, 0.2) is 170 Å². The van der Waals surface area contributed by atoms with Gasteiger partial charge in [0.2, 0.25) is 0 Å². The van der Waals surface area contributed by atoms with Gasteiger partial charge in [-0.05, 0) is 203 Å². The molecule has 4 heteroatoms. The summed E-state index contributed by atoms with van der Waals surface area (Å²) >= 11 is 0. The molecule has 3 nitrogen and oxygen atoms in total. The van der Waals surface area contributed by atoms with Gasteiger partial charge in [0.15, 0.2) is 0 Å². The molecule has 330 valence electrons. The summed E-state index contributed by atoms with van der Waals surface area (Å²) in [4.78, 5) is 4.93. The second-order valence-corrected chi connectivity index (χ2v) is 20.1. The Morgan fingerprint density at radius 2 is 1.03 bits per heavy atom. The Balaban J connectivity index is 1.11. The molecule has 68 heavy (non-hydrogen) atoms. The Labute approximate surface area is 402 Å². The van der Waals surface area contributed by atoms with E-state index in [-0.39, 0.29) is 12.1 Å². The summed E-state index contributed by atoms with van der Waals surface area (Å²) in [7, 11) is 0. The van der Waals surface area contributed by atoms with Crippen LogP contribution in [0.5, 0.6) is 11.5 Å². The summed E-state index contributed by atoms with van der Waals surface area (Å²) in [6.45, 7) is 20.4. The first-order valence-electron chi connectivity index (χ1n) is 24.1. The molecule has 3 aliphatic rings. The molecule has 0 unspecified atom stereocenters. The Morgan fingerprint density at radius 1 is 0.441 bits per heavy atom. The predicted octanol–water partition coefficient (Wildman–Crippen LogP) is 15.4. The normalized spacial score (nSPS) is 13.5. The first kappa shape index (κ1) is 41.8. The van der Waals surface area contributed by atoms with Gasteiger partial charge in [0.25, 0.3) is 6.71 Å². The lowest BCUT2D eigenvalue weighted by Gasteiger charge is -2.42. The number of para-hydroxylation sites is 2. The molecule has 0 N–H and O–H groups in total. The maximum atomic E-state index is 7.45. The lowest BCUT2D eigenvalue weighted by molar-refractivity contribution is 0.487. The topological polar surface area (TPSA) is 15.7 Å².